The zero-order valence-electron chi connectivity index (χ0n) is 8.61. The van der Waals surface area contributed by atoms with E-state index < -0.39 is 0 Å². The van der Waals surface area contributed by atoms with Gasteiger partial charge in [-0.3, -0.25) is 4.79 Å². The van der Waals surface area contributed by atoms with Gasteiger partial charge in [-0.1, -0.05) is 18.2 Å². The average Bonchev–Trinajstić information content (AvgIpc) is 3.11. The van der Waals surface area contributed by atoms with E-state index in [2.05, 4.69) is 0 Å². The van der Waals surface area contributed by atoms with Crippen LogP contribution in [0.1, 0.15) is 30.7 Å². The van der Waals surface area contributed by atoms with Gasteiger partial charge in [-0.25, -0.2) is 0 Å². The Labute approximate surface area is 89.2 Å². The third-order valence-electron chi connectivity index (χ3n) is 3.28. The molecule has 2 aliphatic rings. The van der Waals surface area contributed by atoms with Crippen molar-refractivity contribution in [2.75, 3.05) is 6.61 Å². The van der Waals surface area contributed by atoms with E-state index >= 15 is 0 Å². The highest BCUT2D eigenvalue weighted by Gasteiger charge is 2.37. The highest BCUT2D eigenvalue weighted by Crippen LogP contribution is 2.41. The van der Waals surface area contributed by atoms with Gasteiger partial charge in [0.25, 0.3) is 0 Å². The molecule has 78 valence electrons. The molecule has 1 aliphatic carbocycles. The summed E-state index contributed by atoms with van der Waals surface area (Å²) in [5.74, 6) is 1.79. The van der Waals surface area contributed by atoms with Gasteiger partial charge in [-0.05, 0) is 25.3 Å². The van der Waals surface area contributed by atoms with Crippen molar-refractivity contribution in [2.24, 2.45) is 5.92 Å². The van der Waals surface area contributed by atoms with E-state index in [4.69, 9.17) is 4.74 Å². The highest BCUT2D eigenvalue weighted by atomic mass is 16.5. The number of carbonyl (C=O) groups excluding carboxylic acids is 1. The summed E-state index contributed by atoms with van der Waals surface area (Å²) < 4.78 is 5.55. The minimum atomic E-state index is 0.0995. The molecule has 1 heterocycles. The lowest BCUT2D eigenvalue weighted by atomic mass is 9.87. The van der Waals surface area contributed by atoms with Crippen LogP contribution in [-0.4, -0.2) is 12.4 Å². The molecule has 1 fully saturated rings. The van der Waals surface area contributed by atoms with Crippen LogP contribution in [0.15, 0.2) is 24.3 Å². The quantitative estimate of drug-likeness (QED) is 0.736. The molecule has 1 saturated carbocycles. The number of ether oxygens (including phenoxy) is 1. The Balaban J connectivity index is 1.94. The number of para-hydroxylation sites is 1. The van der Waals surface area contributed by atoms with E-state index in [-0.39, 0.29) is 5.92 Å². The van der Waals surface area contributed by atoms with Gasteiger partial charge < -0.3 is 4.74 Å². The molecule has 0 aromatic heterocycles. The minimum absolute atomic E-state index is 0.0995. The Morgan fingerprint density at radius 1 is 1.20 bits per heavy atom. The van der Waals surface area contributed by atoms with Crippen molar-refractivity contribution >= 4 is 5.78 Å². The smallest absolute Gasteiger partial charge is 0.143 e. The molecule has 1 aromatic rings. The standard InChI is InChI=1S/C13H14O2/c14-13(9-5-6-9)11-7-8-15-12-4-2-1-3-10(11)12/h1-4,9,11H,5-8H2. The van der Waals surface area contributed by atoms with E-state index in [1.165, 1.54) is 0 Å². The van der Waals surface area contributed by atoms with Gasteiger partial charge in [0.2, 0.25) is 0 Å². The molecule has 2 nitrogen and oxygen atoms in total. The van der Waals surface area contributed by atoms with E-state index in [0.717, 1.165) is 30.6 Å². The summed E-state index contributed by atoms with van der Waals surface area (Å²) in [6.45, 7) is 0.681. The lowest BCUT2D eigenvalue weighted by Crippen LogP contribution is -2.22. The normalized spacial score (nSPS) is 24.1. The van der Waals surface area contributed by atoms with E-state index in [0.29, 0.717) is 18.3 Å². The Morgan fingerprint density at radius 2 is 2.00 bits per heavy atom. The number of hydrogen-bond donors (Lipinski definition) is 0. The van der Waals surface area contributed by atoms with Crippen LogP contribution < -0.4 is 4.74 Å². The third-order valence-corrected chi connectivity index (χ3v) is 3.28. The number of ketones is 1. The molecule has 0 saturated heterocycles. The van der Waals surface area contributed by atoms with Crippen LogP contribution in [0.3, 0.4) is 0 Å². The lowest BCUT2D eigenvalue weighted by Gasteiger charge is -2.24. The molecular weight excluding hydrogens is 188 g/mol. The lowest BCUT2D eigenvalue weighted by molar-refractivity contribution is -0.122. The first-order valence-electron chi connectivity index (χ1n) is 5.62. The summed E-state index contributed by atoms with van der Waals surface area (Å²) in [7, 11) is 0. The first kappa shape index (κ1) is 8.96. The zero-order valence-corrected chi connectivity index (χ0v) is 8.61. The molecule has 0 bridgehead atoms. The maximum absolute atomic E-state index is 12.1. The van der Waals surface area contributed by atoms with Crippen LogP contribution in [-0.2, 0) is 4.79 Å². The summed E-state index contributed by atoms with van der Waals surface area (Å²) in [6, 6.07) is 7.94. The molecule has 0 amide bonds. The number of Topliss-reactive ketones (excluding diaryl/α,β-unsaturated/α-hetero) is 1. The summed E-state index contributed by atoms with van der Waals surface area (Å²) in [6.07, 6.45) is 3.04. The van der Waals surface area contributed by atoms with Gasteiger partial charge in [-0.2, -0.15) is 0 Å². The average molecular weight is 202 g/mol. The van der Waals surface area contributed by atoms with Gasteiger partial charge in [0.1, 0.15) is 11.5 Å². The fraction of sp³-hybridized carbons (Fsp3) is 0.462. The number of benzene rings is 1. The summed E-state index contributed by atoms with van der Waals surface area (Å²) in [5.41, 5.74) is 1.10. The van der Waals surface area contributed by atoms with Crippen LogP contribution in [0.5, 0.6) is 5.75 Å². The van der Waals surface area contributed by atoms with Crippen LogP contribution in [0.25, 0.3) is 0 Å². The number of hydrogen-bond acceptors (Lipinski definition) is 2. The van der Waals surface area contributed by atoms with Crippen molar-refractivity contribution in [2.45, 2.75) is 25.2 Å². The third kappa shape index (κ3) is 1.54. The second-order valence-electron chi connectivity index (χ2n) is 4.40. The number of fused-ring (bicyclic) bond motifs is 1. The molecule has 0 spiro atoms. The second kappa shape index (κ2) is 3.37. The molecule has 1 unspecified atom stereocenters. The Hall–Kier alpha value is -1.31. The molecular formula is C13H14O2. The molecule has 0 N–H and O–H groups in total. The molecule has 2 heteroatoms. The summed E-state index contributed by atoms with van der Waals surface area (Å²) >= 11 is 0. The summed E-state index contributed by atoms with van der Waals surface area (Å²) in [4.78, 5) is 12.1. The van der Waals surface area contributed by atoms with Crippen molar-refractivity contribution in [1.29, 1.82) is 0 Å². The van der Waals surface area contributed by atoms with Crippen LogP contribution in [0, 0.1) is 5.92 Å². The molecule has 1 aromatic carbocycles. The van der Waals surface area contributed by atoms with Crippen LogP contribution in [0.2, 0.25) is 0 Å². The summed E-state index contributed by atoms with van der Waals surface area (Å²) in [5, 5.41) is 0. The van der Waals surface area contributed by atoms with Crippen molar-refractivity contribution < 1.29 is 9.53 Å². The van der Waals surface area contributed by atoms with Crippen LogP contribution in [0.4, 0.5) is 0 Å². The van der Waals surface area contributed by atoms with Gasteiger partial charge >= 0.3 is 0 Å². The second-order valence-corrected chi connectivity index (χ2v) is 4.40. The van der Waals surface area contributed by atoms with Gasteiger partial charge in [0.15, 0.2) is 0 Å². The number of carbonyl (C=O) groups is 1. The SMILES string of the molecule is O=C(C1CC1)C1CCOc2ccccc21. The maximum Gasteiger partial charge on any atom is 0.143 e. The minimum Gasteiger partial charge on any atom is -0.493 e. The van der Waals surface area contributed by atoms with Crippen LogP contribution >= 0.6 is 0 Å². The predicted octanol–water partition coefficient (Wildman–Crippen LogP) is 2.53. The zero-order chi connectivity index (χ0) is 10.3. The van der Waals surface area contributed by atoms with Crippen molar-refractivity contribution in [3.05, 3.63) is 29.8 Å². The molecule has 0 radical (unpaired) electrons. The first-order chi connectivity index (χ1) is 7.36. The maximum atomic E-state index is 12.1. The van der Waals surface area contributed by atoms with Gasteiger partial charge in [0.05, 0.1) is 6.61 Å². The Kier molecular flexibility index (Phi) is 2.01. The highest BCUT2D eigenvalue weighted by molar-refractivity contribution is 5.90. The Morgan fingerprint density at radius 3 is 2.80 bits per heavy atom. The van der Waals surface area contributed by atoms with Crippen molar-refractivity contribution in [3.63, 3.8) is 0 Å². The fourth-order valence-electron chi connectivity index (χ4n) is 2.29. The molecule has 1 atom stereocenters. The first-order valence-corrected chi connectivity index (χ1v) is 5.62. The van der Waals surface area contributed by atoms with Crippen molar-refractivity contribution in [3.8, 4) is 5.75 Å². The predicted molar refractivity (Wildman–Crippen MR) is 57.0 cm³/mol. The largest absolute Gasteiger partial charge is 0.493 e. The molecule has 1 aliphatic heterocycles. The monoisotopic (exact) mass is 202 g/mol. The van der Waals surface area contributed by atoms with E-state index in [1.54, 1.807) is 0 Å². The fourth-order valence-corrected chi connectivity index (χ4v) is 2.29. The van der Waals surface area contributed by atoms with Crippen molar-refractivity contribution in [1.82, 2.24) is 0 Å². The van der Waals surface area contributed by atoms with E-state index in [9.17, 15) is 4.79 Å². The van der Waals surface area contributed by atoms with E-state index in [1.807, 2.05) is 24.3 Å². The Bertz CT molecular complexity index is 393. The molecule has 15 heavy (non-hydrogen) atoms. The van der Waals surface area contributed by atoms with Gasteiger partial charge in [0, 0.05) is 17.4 Å². The number of rotatable bonds is 2. The topological polar surface area (TPSA) is 26.3 Å². The van der Waals surface area contributed by atoms with Gasteiger partial charge in [-0.15, -0.1) is 0 Å². The molecule has 3 rings (SSSR count).